The molecule has 0 bridgehead atoms. The molecule has 0 aliphatic heterocycles. The summed E-state index contributed by atoms with van der Waals surface area (Å²) in [5, 5.41) is 28.1. The minimum Gasteiger partial charge on any atom is -0.508 e. The van der Waals surface area contributed by atoms with E-state index in [1.54, 1.807) is 37.5 Å². The van der Waals surface area contributed by atoms with Gasteiger partial charge in [0.15, 0.2) is 0 Å². The maximum absolute atomic E-state index is 10.1. The van der Waals surface area contributed by atoms with Crippen molar-refractivity contribution in [1.82, 2.24) is 0 Å². The Morgan fingerprint density at radius 1 is 1.22 bits per heavy atom. The highest BCUT2D eigenvalue weighted by molar-refractivity contribution is 9.10. The number of hydrogen-bond donors (Lipinski definition) is 2. The minimum absolute atomic E-state index is 0.0627. The van der Waals surface area contributed by atoms with Crippen molar-refractivity contribution in [1.29, 1.82) is 0 Å². The predicted molar refractivity (Wildman–Crippen MR) is 92.8 cm³/mol. The summed E-state index contributed by atoms with van der Waals surface area (Å²) in [6.45, 7) is 3.61. The van der Waals surface area contributed by atoms with Gasteiger partial charge in [0.25, 0.3) is 0 Å². The molecule has 2 rings (SSSR count). The van der Waals surface area contributed by atoms with Crippen LogP contribution in [-0.4, -0.2) is 17.3 Å². The number of phenols is 1. The molecule has 2 aromatic rings. The molecule has 2 aromatic carbocycles. The van der Waals surface area contributed by atoms with Gasteiger partial charge in [0.1, 0.15) is 17.2 Å². The van der Waals surface area contributed by atoms with Crippen molar-refractivity contribution < 1.29 is 14.9 Å². The van der Waals surface area contributed by atoms with Gasteiger partial charge in [-0.15, -0.1) is 11.7 Å². The summed E-state index contributed by atoms with van der Waals surface area (Å²) >= 11 is 3.41. The number of ether oxygens (including phenoxy) is 1. The van der Waals surface area contributed by atoms with Crippen LogP contribution in [0.2, 0.25) is 0 Å². The molecule has 1 atom stereocenters. The van der Waals surface area contributed by atoms with Crippen LogP contribution in [0.1, 0.15) is 18.1 Å². The van der Waals surface area contributed by atoms with Gasteiger partial charge in [-0.2, -0.15) is 5.11 Å². The Labute approximate surface area is 143 Å². The van der Waals surface area contributed by atoms with E-state index in [0.29, 0.717) is 29.1 Å². The minimum atomic E-state index is -0.798. The molecule has 0 saturated heterocycles. The van der Waals surface area contributed by atoms with Gasteiger partial charge in [0.2, 0.25) is 0 Å². The van der Waals surface area contributed by atoms with Crippen LogP contribution in [0.3, 0.4) is 0 Å². The Balaban J connectivity index is 2.34. The molecule has 0 radical (unpaired) electrons. The lowest BCUT2D eigenvalue weighted by Crippen LogP contribution is -1.95. The standard InChI is InChI=1S/C17H17BrN2O3/c1-3-4-17(22)13-9-11(21)5-7-15(13)19-20-16-8-6-12(23-2)10-14(16)18/h3,5-10,17,21-22H,1,4H2,2H3/b20-19+. The Morgan fingerprint density at radius 3 is 2.57 bits per heavy atom. The highest BCUT2D eigenvalue weighted by Gasteiger charge is 2.12. The summed E-state index contributed by atoms with van der Waals surface area (Å²) in [4.78, 5) is 0. The molecule has 0 spiro atoms. The molecule has 0 aromatic heterocycles. The molecule has 6 heteroatoms. The van der Waals surface area contributed by atoms with Crippen LogP contribution in [0.5, 0.6) is 11.5 Å². The molecule has 0 aliphatic rings. The van der Waals surface area contributed by atoms with Gasteiger partial charge in [0, 0.05) is 10.0 Å². The van der Waals surface area contributed by atoms with Crippen molar-refractivity contribution in [2.75, 3.05) is 7.11 Å². The SMILES string of the molecule is C=CCC(O)c1cc(O)ccc1/N=N/c1ccc(OC)cc1Br. The number of rotatable bonds is 6. The van der Waals surface area contributed by atoms with Crippen LogP contribution in [0, 0.1) is 0 Å². The number of aromatic hydroxyl groups is 1. The van der Waals surface area contributed by atoms with E-state index < -0.39 is 6.10 Å². The van der Waals surface area contributed by atoms with Crippen LogP contribution in [-0.2, 0) is 0 Å². The van der Waals surface area contributed by atoms with Crippen LogP contribution >= 0.6 is 15.9 Å². The Hall–Kier alpha value is -2.18. The third-order valence-corrected chi connectivity index (χ3v) is 3.82. The summed E-state index contributed by atoms with van der Waals surface area (Å²) in [6.07, 6.45) is 1.17. The van der Waals surface area contributed by atoms with E-state index in [-0.39, 0.29) is 5.75 Å². The van der Waals surface area contributed by atoms with Crippen molar-refractivity contribution in [3.8, 4) is 11.5 Å². The number of halogens is 1. The fourth-order valence-corrected chi connectivity index (χ4v) is 2.43. The maximum Gasteiger partial charge on any atom is 0.120 e. The van der Waals surface area contributed by atoms with Crippen LogP contribution in [0.25, 0.3) is 0 Å². The summed E-state index contributed by atoms with van der Waals surface area (Å²) in [6, 6.07) is 9.93. The number of aliphatic hydroxyl groups excluding tert-OH is 1. The number of methoxy groups -OCH3 is 1. The third-order valence-electron chi connectivity index (χ3n) is 3.18. The molecule has 5 nitrogen and oxygen atoms in total. The average molecular weight is 377 g/mol. The van der Waals surface area contributed by atoms with E-state index >= 15 is 0 Å². The molecule has 0 amide bonds. The zero-order valence-electron chi connectivity index (χ0n) is 12.6. The van der Waals surface area contributed by atoms with Crippen molar-refractivity contribution in [3.63, 3.8) is 0 Å². The third kappa shape index (κ3) is 4.40. The van der Waals surface area contributed by atoms with Gasteiger partial charge in [-0.3, -0.25) is 0 Å². The molecular weight excluding hydrogens is 360 g/mol. The van der Waals surface area contributed by atoms with Gasteiger partial charge in [-0.05, 0) is 58.7 Å². The van der Waals surface area contributed by atoms with E-state index in [1.807, 2.05) is 0 Å². The monoisotopic (exact) mass is 376 g/mol. The van der Waals surface area contributed by atoms with Gasteiger partial charge >= 0.3 is 0 Å². The molecule has 0 aliphatic carbocycles. The Bertz CT molecular complexity index is 732. The zero-order valence-corrected chi connectivity index (χ0v) is 14.2. The van der Waals surface area contributed by atoms with E-state index in [2.05, 4.69) is 32.7 Å². The lowest BCUT2D eigenvalue weighted by Gasteiger charge is -2.11. The van der Waals surface area contributed by atoms with Gasteiger partial charge in [0.05, 0.1) is 18.9 Å². The van der Waals surface area contributed by atoms with Crippen LogP contribution in [0.15, 0.2) is 63.8 Å². The van der Waals surface area contributed by atoms with Gasteiger partial charge in [-0.25, -0.2) is 0 Å². The predicted octanol–water partition coefficient (Wildman–Crippen LogP) is 5.19. The Kier molecular flexibility index (Phi) is 5.90. The van der Waals surface area contributed by atoms with E-state index in [4.69, 9.17) is 4.74 Å². The number of azo groups is 1. The van der Waals surface area contributed by atoms with Crippen molar-refractivity contribution in [2.45, 2.75) is 12.5 Å². The first-order valence-electron chi connectivity index (χ1n) is 6.92. The number of hydrogen-bond acceptors (Lipinski definition) is 5. The van der Waals surface area contributed by atoms with Crippen LogP contribution in [0.4, 0.5) is 11.4 Å². The molecule has 0 fully saturated rings. The topological polar surface area (TPSA) is 74.4 Å². The number of phenolic OH excluding ortho intramolecular Hbond substituents is 1. The summed E-state index contributed by atoms with van der Waals surface area (Å²) in [7, 11) is 1.59. The molecule has 2 N–H and O–H groups in total. The first kappa shape index (κ1) is 17.2. The van der Waals surface area contributed by atoms with Gasteiger partial charge in [-0.1, -0.05) is 6.08 Å². The number of nitrogens with zero attached hydrogens (tertiary/aromatic N) is 2. The molecule has 1 unspecified atom stereocenters. The van der Waals surface area contributed by atoms with E-state index in [0.717, 1.165) is 4.47 Å². The maximum atomic E-state index is 10.1. The average Bonchev–Trinajstić information content (AvgIpc) is 2.54. The highest BCUT2D eigenvalue weighted by atomic mass is 79.9. The fourth-order valence-electron chi connectivity index (χ4n) is 1.99. The van der Waals surface area contributed by atoms with Gasteiger partial charge < -0.3 is 14.9 Å². The number of benzene rings is 2. The first-order valence-corrected chi connectivity index (χ1v) is 7.71. The van der Waals surface area contributed by atoms with Crippen molar-refractivity contribution in [2.24, 2.45) is 10.2 Å². The molecule has 0 heterocycles. The van der Waals surface area contributed by atoms with Crippen LogP contribution < -0.4 is 4.74 Å². The lowest BCUT2D eigenvalue weighted by atomic mass is 10.0. The van der Waals surface area contributed by atoms with E-state index in [9.17, 15) is 10.2 Å². The van der Waals surface area contributed by atoms with Crippen molar-refractivity contribution in [3.05, 3.63) is 59.1 Å². The largest absolute Gasteiger partial charge is 0.508 e. The quantitative estimate of drug-likeness (QED) is 0.538. The highest BCUT2D eigenvalue weighted by Crippen LogP contribution is 2.34. The second-order valence-corrected chi connectivity index (χ2v) is 5.65. The molecule has 120 valence electrons. The summed E-state index contributed by atoms with van der Waals surface area (Å²) in [5.74, 6) is 0.773. The number of aliphatic hydroxyl groups is 1. The normalized spacial score (nSPS) is 12.3. The molecule has 23 heavy (non-hydrogen) atoms. The van der Waals surface area contributed by atoms with E-state index in [1.165, 1.54) is 12.1 Å². The Morgan fingerprint density at radius 2 is 1.91 bits per heavy atom. The summed E-state index contributed by atoms with van der Waals surface area (Å²) < 4.78 is 5.87. The van der Waals surface area contributed by atoms with Crippen molar-refractivity contribution >= 4 is 27.3 Å². The lowest BCUT2D eigenvalue weighted by molar-refractivity contribution is 0.182. The second-order valence-electron chi connectivity index (χ2n) is 4.80. The summed E-state index contributed by atoms with van der Waals surface area (Å²) in [5.41, 5.74) is 1.61. The first-order chi connectivity index (χ1) is 11.0. The molecule has 0 saturated carbocycles. The smallest absolute Gasteiger partial charge is 0.120 e. The second kappa shape index (κ2) is 7.89. The zero-order chi connectivity index (χ0) is 16.8. The molecular formula is C17H17BrN2O3. The fraction of sp³-hybridized carbons (Fsp3) is 0.176.